The van der Waals surface area contributed by atoms with Crippen LogP contribution in [-0.2, 0) is 0 Å². The lowest BCUT2D eigenvalue weighted by Crippen LogP contribution is -2.54. The first-order chi connectivity index (χ1) is 9.54. The van der Waals surface area contributed by atoms with Crippen molar-refractivity contribution in [1.29, 1.82) is 0 Å². The molecule has 1 aliphatic rings. The number of rotatable bonds is 4. The molecule has 0 amide bonds. The molecule has 1 aliphatic heterocycles. The van der Waals surface area contributed by atoms with Crippen LogP contribution in [-0.4, -0.2) is 23.6 Å². The molecule has 3 nitrogen and oxygen atoms in total. The van der Waals surface area contributed by atoms with Crippen molar-refractivity contribution in [3.8, 4) is 0 Å². The maximum absolute atomic E-state index is 6.06. The summed E-state index contributed by atoms with van der Waals surface area (Å²) in [6.45, 7) is 9.59. The fourth-order valence-electron chi connectivity index (χ4n) is 3.47. The van der Waals surface area contributed by atoms with E-state index in [2.05, 4.69) is 56.3 Å². The summed E-state index contributed by atoms with van der Waals surface area (Å²) in [5.41, 5.74) is 13.8. The maximum Gasteiger partial charge on any atom is 0.0592 e. The monoisotopic (exact) mass is 275 g/mol. The van der Waals surface area contributed by atoms with Gasteiger partial charge in [-0.15, -0.1) is 0 Å². The average Bonchev–Trinajstić information content (AvgIpc) is 2.40. The van der Waals surface area contributed by atoms with Crippen LogP contribution in [0.3, 0.4) is 0 Å². The van der Waals surface area contributed by atoms with Crippen LogP contribution in [0, 0.1) is 13.8 Å². The molecule has 3 N–H and O–H groups in total. The minimum Gasteiger partial charge on any atom is -0.329 e. The molecule has 3 heteroatoms. The Morgan fingerprint density at radius 1 is 1.20 bits per heavy atom. The molecule has 1 aromatic carbocycles. The maximum atomic E-state index is 6.06. The Morgan fingerprint density at radius 2 is 1.75 bits per heavy atom. The van der Waals surface area contributed by atoms with Crippen LogP contribution in [0.25, 0.3) is 0 Å². The van der Waals surface area contributed by atoms with Crippen molar-refractivity contribution in [2.24, 2.45) is 5.73 Å². The molecule has 3 unspecified atom stereocenters. The van der Waals surface area contributed by atoms with Crippen LogP contribution in [0.2, 0.25) is 0 Å². The lowest BCUT2D eigenvalue weighted by Gasteiger charge is -2.41. The first-order valence-electron chi connectivity index (χ1n) is 7.85. The highest BCUT2D eigenvalue weighted by Crippen LogP contribution is 2.26. The fourth-order valence-corrected chi connectivity index (χ4v) is 3.47. The highest BCUT2D eigenvalue weighted by Gasteiger charge is 2.27. The van der Waals surface area contributed by atoms with Gasteiger partial charge in [0.2, 0.25) is 0 Å². The molecule has 1 aromatic rings. The number of nitrogens with one attached hydrogen (secondary N) is 1. The van der Waals surface area contributed by atoms with Crippen LogP contribution >= 0.6 is 0 Å². The number of benzene rings is 1. The van der Waals surface area contributed by atoms with Crippen molar-refractivity contribution in [2.45, 2.75) is 65.1 Å². The number of nitrogens with zero attached hydrogens (tertiary/aromatic N) is 1. The molecule has 1 heterocycles. The molecule has 0 saturated carbocycles. The lowest BCUT2D eigenvalue weighted by molar-refractivity contribution is 0.0302. The van der Waals surface area contributed by atoms with Gasteiger partial charge in [-0.25, -0.2) is 10.4 Å². The Morgan fingerprint density at radius 3 is 2.25 bits per heavy atom. The zero-order valence-electron chi connectivity index (χ0n) is 13.3. The molecule has 0 spiro atoms. The standard InChI is InChI=1S/C17H29N3/c1-12-7-5-8-13(2)17(12)16(11-18)19-20-14(3)9-6-10-15(20)4/h5,7-8,14-16,19H,6,9-11,18H2,1-4H3. The van der Waals surface area contributed by atoms with Crippen LogP contribution in [0.5, 0.6) is 0 Å². The number of hydrazine groups is 1. The number of hydrogen-bond donors (Lipinski definition) is 2. The van der Waals surface area contributed by atoms with E-state index in [0.717, 1.165) is 0 Å². The number of hydrogen-bond acceptors (Lipinski definition) is 3. The van der Waals surface area contributed by atoms with Gasteiger partial charge in [0.05, 0.1) is 6.04 Å². The van der Waals surface area contributed by atoms with Crippen molar-refractivity contribution >= 4 is 0 Å². The van der Waals surface area contributed by atoms with Gasteiger partial charge < -0.3 is 5.73 Å². The molecule has 20 heavy (non-hydrogen) atoms. The summed E-state index contributed by atoms with van der Waals surface area (Å²) >= 11 is 0. The van der Waals surface area contributed by atoms with E-state index in [9.17, 15) is 0 Å². The van der Waals surface area contributed by atoms with E-state index in [0.29, 0.717) is 18.6 Å². The summed E-state index contributed by atoms with van der Waals surface area (Å²) in [7, 11) is 0. The Balaban J connectivity index is 2.20. The van der Waals surface area contributed by atoms with E-state index < -0.39 is 0 Å². The predicted molar refractivity (Wildman–Crippen MR) is 85.5 cm³/mol. The molecular weight excluding hydrogens is 246 g/mol. The smallest absolute Gasteiger partial charge is 0.0592 e. The van der Waals surface area contributed by atoms with Crippen molar-refractivity contribution in [1.82, 2.24) is 10.4 Å². The number of nitrogens with two attached hydrogens (primary N) is 1. The van der Waals surface area contributed by atoms with E-state index in [4.69, 9.17) is 5.73 Å². The Kier molecular flexibility index (Phi) is 5.19. The highest BCUT2D eigenvalue weighted by atomic mass is 15.5. The van der Waals surface area contributed by atoms with E-state index in [1.165, 1.54) is 36.0 Å². The molecule has 0 radical (unpaired) electrons. The molecule has 0 bridgehead atoms. The molecule has 2 rings (SSSR count). The molecule has 1 saturated heterocycles. The van der Waals surface area contributed by atoms with Crippen molar-refractivity contribution in [2.75, 3.05) is 6.54 Å². The highest BCUT2D eigenvalue weighted by molar-refractivity contribution is 5.36. The normalized spacial score (nSPS) is 25.6. The van der Waals surface area contributed by atoms with Crippen molar-refractivity contribution in [3.05, 3.63) is 34.9 Å². The molecule has 0 aliphatic carbocycles. The summed E-state index contributed by atoms with van der Waals surface area (Å²) in [6.07, 6.45) is 3.86. The summed E-state index contributed by atoms with van der Waals surface area (Å²) in [5, 5.41) is 2.42. The molecule has 112 valence electrons. The van der Waals surface area contributed by atoms with Gasteiger partial charge in [0.1, 0.15) is 0 Å². The van der Waals surface area contributed by atoms with Crippen LogP contribution in [0.1, 0.15) is 55.8 Å². The lowest BCUT2D eigenvalue weighted by atomic mass is 9.95. The summed E-state index contributed by atoms with van der Waals surface area (Å²) in [6, 6.07) is 7.84. The molecule has 0 aromatic heterocycles. The second-order valence-electron chi connectivity index (χ2n) is 6.26. The number of aryl methyl sites for hydroxylation is 2. The number of piperidine rings is 1. The Labute approximate surface area is 123 Å². The van der Waals surface area contributed by atoms with E-state index in [1.807, 2.05) is 0 Å². The van der Waals surface area contributed by atoms with Gasteiger partial charge in [0.25, 0.3) is 0 Å². The predicted octanol–water partition coefficient (Wildman–Crippen LogP) is 3.07. The average molecular weight is 275 g/mol. The third kappa shape index (κ3) is 3.22. The van der Waals surface area contributed by atoms with E-state index in [1.54, 1.807) is 0 Å². The van der Waals surface area contributed by atoms with Gasteiger partial charge in [-0.05, 0) is 57.2 Å². The summed E-state index contributed by atoms with van der Waals surface area (Å²) < 4.78 is 0. The zero-order valence-corrected chi connectivity index (χ0v) is 13.3. The van der Waals surface area contributed by atoms with Crippen molar-refractivity contribution in [3.63, 3.8) is 0 Å². The second-order valence-corrected chi connectivity index (χ2v) is 6.26. The third-order valence-electron chi connectivity index (χ3n) is 4.62. The topological polar surface area (TPSA) is 41.3 Å². The molecule has 3 atom stereocenters. The largest absolute Gasteiger partial charge is 0.329 e. The van der Waals surface area contributed by atoms with Gasteiger partial charge in [-0.1, -0.05) is 24.6 Å². The van der Waals surface area contributed by atoms with Crippen molar-refractivity contribution < 1.29 is 0 Å². The Bertz CT molecular complexity index is 414. The Hall–Kier alpha value is -0.900. The van der Waals surface area contributed by atoms with E-state index in [-0.39, 0.29) is 6.04 Å². The van der Waals surface area contributed by atoms with Gasteiger partial charge in [-0.2, -0.15) is 0 Å². The van der Waals surface area contributed by atoms with Gasteiger partial charge >= 0.3 is 0 Å². The van der Waals surface area contributed by atoms with Crippen LogP contribution in [0.4, 0.5) is 0 Å². The van der Waals surface area contributed by atoms with E-state index >= 15 is 0 Å². The molecular formula is C17H29N3. The zero-order chi connectivity index (χ0) is 14.7. The summed E-state index contributed by atoms with van der Waals surface area (Å²) in [5.74, 6) is 0. The fraction of sp³-hybridized carbons (Fsp3) is 0.647. The quantitative estimate of drug-likeness (QED) is 0.887. The summed E-state index contributed by atoms with van der Waals surface area (Å²) in [4.78, 5) is 0. The minimum absolute atomic E-state index is 0.208. The second kappa shape index (κ2) is 6.70. The first-order valence-corrected chi connectivity index (χ1v) is 7.85. The SMILES string of the molecule is Cc1cccc(C)c1C(CN)NN1C(C)CCCC1C. The van der Waals surface area contributed by atoms with Gasteiger partial charge in [-0.3, -0.25) is 0 Å². The molecule has 1 fully saturated rings. The first kappa shape index (κ1) is 15.5. The van der Waals surface area contributed by atoms with Gasteiger partial charge in [0.15, 0.2) is 0 Å². The van der Waals surface area contributed by atoms with Gasteiger partial charge in [0, 0.05) is 18.6 Å². The van der Waals surface area contributed by atoms with Crippen LogP contribution < -0.4 is 11.2 Å². The minimum atomic E-state index is 0.208. The third-order valence-corrected chi connectivity index (χ3v) is 4.62. The van der Waals surface area contributed by atoms with Crippen LogP contribution in [0.15, 0.2) is 18.2 Å².